The van der Waals surface area contributed by atoms with Crippen LogP contribution in [0.5, 0.6) is 0 Å². The van der Waals surface area contributed by atoms with E-state index in [1.54, 1.807) is 29.7 Å². The smallest absolute Gasteiger partial charge is 0.354 e. The molecule has 1 aliphatic carbocycles. The highest BCUT2D eigenvalue weighted by molar-refractivity contribution is 7.91. The number of carbonyl (C=O) groups excluding carboxylic acids is 1. The Morgan fingerprint density at radius 1 is 1.13 bits per heavy atom. The molecule has 1 fully saturated rings. The first-order chi connectivity index (χ1) is 18.5. The molecule has 2 aliphatic rings. The largest absolute Gasteiger partial charge is 0.413 e. The van der Waals surface area contributed by atoms with Crippen molar-refractivity contribution in [1.82, 2.24) is 9.88 Å². The van der Waals surface area contributed by atoms with Gasteiger partial charge in [-0.15, -0.1) is 11.3 Å². The van der Waals surface area contributed by atoms with Gasteiger partial charge in [-0.05, 0) is 73.2 Å². The third kappa shape index (κ3) is 5.99. The van der Waals surface area contributed by atoms with Crippen molar-refractivity contribution < 1.29 is 26.4 Å². The lowest BCUT2D eigenvalue weighted by Gasteiger charge is -2.34. The van der Waals surface area contributed by atoms with E-state index >= 15 is 0 Å². The number of fused-ring (bicyclic) bond motifs is 1. The molecule has 208 valence electrons. The molecule has 5 rings (SSSR count). The van der Waals surface area contributed by atoms with Gasteiger partial charge in [0.05, 0.1) is 33.6 Å². The third-order valence-electron chi connectivity index (χ3n) is 7.54. The van der Waals surface area contributed by atoms with Gasteiger partial charge in [0.1, 0.15) is 9.84 Å². The number of nitrogens with zero attached hydrogens (tertiary/aromatic N) is 2. The second kappa shape index (κ2) is 10.9. The Labute approximate surface area is 229 Å². The lowest BCUT2D eigenvalue weighted by molar-refractivity contribution is -0.190. The summed E-state index contributed by atoms with van der Waals surface area (Å²) in [7, 11) is -2.09. The number of benzene rings is 1. The van der Waals surface area contributed by atoms with Crippen molar-refractivity contribution in [2.75, 3.05) is 23.9 Å². The van der Waals surface area contributed by atoms with Crippen molar-refractivity contribution in [2.24, 2.45) is 5.92 Å². The van der Waals surface area contributed by atoms with Gasteiger partial charge in [0.25, 0.3) is 0 Å². The summed E-state index contributed by atoms with van der Waals surface area (Å²) in [6.45, 7) is 0. The Hall–Kier alpha value is -2.92. The van der Waals surface area contributed by atoms with Gasteiger partial charge in [0.2, 0.25) is 5.91 Å². The molecular formula is C28H30F3N3O3S2. The van der Waals surface area contributed by atoms with Crippen LogP contribution in [-0.4, -0.2) is 48.9 Å². The third-order valence-corrected chi connectivity index (χ3v) is 10.2. The van der Waals surface area contributed by atoms with E-state index in [1.807, 2.05) is 11.4 Å². The zero-order valence-electron chi connectivity index (χ0n) is 21.5. The first-order valence-corrected chi connectivity index (χ1v) is 15.7. The van der Waals surface area contributed by atoms with Gasteiger partial charge >= 0.3 is 6.18 Å². The molecular weight excluding hydrogens is 547 g/mol. The molecule has 6 nitrogen and oxygen atoms in total. The number of alkyl halides is 3. The van der Waals surface area contributed by atoms with Gasteiger partial charge in [-0.25, -0.2) is 8.42 Å². The number of allylic oxidation sites excluding steroid dienone is 2. The summed E-state index contributed by atoms with van der Waals surface area (Å²) in [5.74, 6) is -1.79. The number of rotatable bonds is 6. The van der Waals surface area contributed by atoms with Crippen molar-refractivity contribution >= 4 is 54.2 Å². The molecule has 0 saturated carbocycles. The minimum Gasteiger partial charge on any atom is -0.354 e. The van der Waals surface area contributed by atoms with Gasteiger partial charge in [-0.2, -0.15) is 13.2 Å². The van der Waals surface area contributed by atoms with Crippen LogP contribution in [0.2, 0.25) is 0 Å². The maximum absolute atomic E-state index is 14.2. The second-order valence-corrected chi connectivity index (χ2v) is 13.4. The van der Waals surface area contributed by atoms with E-state index in [-0.39, 0.29) is 29.9 Å². The number of anilines is 2. The number of carbonyl (C=O) groups is 1. The minimum absolute atomic E-state index is 0.0420. The van der Waals surface area contributed by atoms with Gasteiger partial charge < -0.3 is 10.2 Å². The highest BCUT2D eigenvalue weighted by atomic mass is 32.2. The van der Waals surface area contributed by atoms with Crippen LogP contribution in [0.4, 0.5) is 24.5 Å². The van der Waals surface area contributed by atoms with Crippen molar-refractivity contribution in [3.05, 3.63) is 59.1 Å². The highest BCUT2D eigenvalue weighted by Gasteiger charge is 2.46. The summed E-state index contributed by atoms with van der Waals surface area (Å²) >= 11 is 1.62. The normalized spacial score (nSPS) is 18.9. The van der Waals surface area contributed by atoms with Crippen LogP contribution >= 0.6 is 11.3 Å². The summed E-state index contributed by atoms with van der Waals surface area (Å²) in [5, 5.41) is 5.36. The summed E-state index contributed by atoms with van der Waals surface area (Å²) in [6.07, 6.45) is 3.65. The van der Waals surface area contributed by atoms with Crippen molar-refractivity contribution in [1.29, 1.82) is 0 Å². The van der Waals surface area contributed by atoms with Crippen molar-refractivity contribution in [2.45, 2.75) is 50.7 Å². The molecule has 1 atom stereocenters. The Balaban J connectivity index is 1.39. The standard InChI is InChI=1S/C28H30F3N3O3S2/c1-34(27(35)20-12-15-39(36,37)16-13-20)26(28(29,30)31)19-7-9-21(10-8-19)33-23-17-32-22-11-14-38-25(22)24(23)18-5-3-2-4-6-18/h5,7-11,14,17,20,26,33H,2-4,6,12-13,15-16H2,1H3/t26-/m0/s1. The molecule has 1 amide bonds. The molecule has 1 saturated heterocycles. The fourth-order valence-electron chi connectivity index (χ4n) is 5.48. The molecule has 39 heavy (non-hydrogen) atoms. The predicted octanol–water partition coefficient (Wildman–Crippen LogP) is 6.88. The SMILES string of the molecule is CN(C(=O)C1CCS(=O)(=O)CC1)[C@@H](c1ccc(Nc2cnc3ccsc3c2C2=CCCCC2)cc1)C(F)(F)F. The van der Waals surface area contributed by atoms with E-state index in [0.29, 0.717) is 10.6 Å². The first-order valence-electron chi connectivity index (χ1n) is 13.0. The Bertz CT molecular complexity index is 1480. The summed E-state index contributed by atoms with van der Waals surface area (Å²) in [5.41, 5.74) is 4.61. The lowest BCUT2D eigenvalue weighted by Crippen LogP contribution is -2.44. The molecule has 0 bridgehead atoms. The van der Waals surface area contributed by atoms with E-state index in [4.69, 9.17) is 0 Å². The van der Waals surface area contributed by atoms with Gasteiger partial charge in [-0.3, -0.25) is 9.78 Å². The Kier molecular flexibility index (Phi) is 7.74. The molecule has 1 N–H and O–H groups in total. The predicted molar refractivity (Wildman–Crippen MR) is 149 cm³/mol. The molecule has 0 unspecified atom stereocenters. The molecule has 11 heteroatoms. The monoisotopic (exact) mass is 577 g/mol. The van der Waals surface area contributed by atoms with Crippen molar-refractivity contribution in [3.8, 4) is 0 Å². The maximum Gasteiger partial charge on any atom is 0.413 e. The Morgan fingerprint density at radius 2 is 1.85 bits per heavy atom. The number of thiophene rings is 1. The van der Waals surface area contributed by atoms with Crippen LogP contribution in [0.15, 0.2) is 48.0 Å². The number of nitrogens with one attached hydrogen (secondary N) is 1. The van der Waals surface area contributed by atoms with Gasteiger partial charge in [0, 0.05) is 24.2 Å². The molecule has 0 spiro atoms. The minimum atomic E-state index is -4.70. The van der Waals surface area contributed by atoms with Crippen LogP contribution in [0, 0.1) is 5.92 Å². The summed E-state index contributed by atoms with van der Waals surface area (Å²) in [4.78, 5) is 18.2. The molecule has 1 aliphatic heterocycles. The number of halogens is 3. The molecule has 0 radical (unpaired) electrons. The van der Waals surface area contributed by atoms with Crippen molar-refractivity contribution in [3.63, 3.8) is 0 Å². The molecule has 3 heterocycles. The quantitative estimate of drug-likeness (QED) is 0.345. The fraction of sp³-hybridized carbons (Fsp3) is 0.429. The van der Waals surface area contributed by atoms with Crippen LogP contribution in [0.25, 0.3) is 15.8 Å². The number of pyridine rings is 1. The fourth-order valence-corrected chi connectivity index (χ4v) is 7.90. The maximum atomic E-state index is 14.2. The number of hydrogen-bond acceptors (Lipinski definition) is 6. The number of amides is 1. The van der Waals surface area contributed by atoms with Crippen LogP contribution < -0.4 is 5.32 Å². The van der Waals surface area contributed by atoms with E-state index in [2.05, 4.69) is 16.4 Å². The number of hydrogen-bond donors (Lipinski definition) is 1. The topological polar surface area (TPSA) is 79.4 Å². The van der Waals surface area contributed by atoms with E-state index < -0.39 is 33.9 Å². The zero-order valence-corrected chi connectivity index (χ0v) is 23.1. The van der Waals surface area contributed by atoms with Gasteiger partial charge in [-0.1, -0.05) is 18.2 Å². The van der Waals surface area contributed by atoms with Crippen LogP contribution in [-0.2, 0) is 14.6 Å². The number of aromatic nitrogens is 1. The second-order valence-electron chi connectivity index (χ2n) is 10.2. The average molecular weight is 578 g/mol. The summed E-state index contributed by atoms with van der Waals surface area (Å²) < 4.78 is 67.1. The molecule has 2 aromatic heterocycles. The van der Waals surface area contributed by atoms with E-state index in [0.717, 1.165) is 54.2 Å². The Morgan fingerprint density at radius 3 is 2.49 bits per heavy atom. The average Bonchev–Trinajstić information content (AvgIpc) is 3.38. The summed E-state index contributed by atoms with van der Waals surface area (Å²) in [6, 6.07) is 5.77. The van der Waals surface area contributed by atoms with E-state index in [1.165, 1.54) is 17.7 Å². The van der Waals surface area contributed by atoms with Crippen LogP contribution in [0.1, 0.15) is 55.7 Å². The van der Waals surface area contributed by atoms with E-state index in [9.17, 15) is 26.4 Å². The number of sulfone groups is 1. The zero-order chi connectivity index (χ0) is 27.8. The molecule has 1 aromatic carbocycles. The van der Waals surface area contributed by atoms with Gasteiger partial charge in [0.15, 0.2) is 6.04 Å². The molecule has 3 aromatic rings. The highest BCUT2D eigenvalue weighted by Crippen LogP contribution is 2.41. The first kappa shape index (κ1) is 27.6. The lowest BCUT2D eigenvalue weighted by atomic mass is 9.93. The van der Waals surface area contributed by atoms with Crippen LogP contribution in [0.3, 0.4) is 0 Å².